The summed E-state index contributed by atoms with van der Waals surface area (Å²) < 4.78 is 22.2. The number of aromatic nitrogens is 1. The number of fused-ring (bicyclic) bond motifs is 1. The molecular formula is C32H43N3O9. The van der Waals surface area contributed by atoms with Gasteiger partial charge in [0.05, 0.1) is 31.7 Å². The number of amides is 2. The molecule has 2 amide bonds. The molecule has 1 aromatic carbocycles. The molecule has 12 heteroatoms. The Balaban J connectivity index is 1.79. The second-order valence-corrected chi connectivity index (χ2v) is 12.5. The van der Waals surface area contributed by atoms with Gasteiger partial charge in [-0.2, -0.15) is 0 Å². The smallest absolute Gasteiger partial charge is 0.416 e. The Bertz CT molecular complexity index is 1320. The minimum Gasteiger partial charge on any atom is -0.494 e. The Labute approximate surface area is 258 Å². The van der Waals surface area contributed by atoms with E-state index >= 15 is 0 Å². The summed E-state index contributed by atoms with van der Waals surface area (Å²) in [6.45, 7) is 11.0. The third kappa shape index (κ3) is 9.94. The molecular weight excluding hydrogens is 570 g/mol. The molecule has 0 aliphatic carbocycles. The van der Waals surface area contributed by atoms with Crippen molar-refractivity contribution in [1.29, 1.82) is 0 Å². The van der Waals surface area contributed by atoms with Crippen molar-refractivity contribution >= 4 is 29.8 Å². The van der Waals surface area contributed by atoms with E-state index in [9.17, 15) is 24.3 Å². The lowest BCUT2D eigenvalue weighted by molar-refractivity contribution is -0.190. The van der Waals surface area contributed by atoms with E-state index in [2.05, 4.69) is 4.98 Å². The highest BCUT2D eigenvalue weighted by atomic mass is 16.6. The first-order chi connectivity index (χ1) is 20.6. The maximum Gasteiger partial charge on any atom is 0.416 e. The first-order valence-electron chi connectivity index (χ1n) is 14.5. The number of rotatable bonds is 11. The molecule has 2 unspecified atom stereocenters. The number of methoxy groups -OCH3 is 1. The van der Waals surface area contributed by atoms with Gasteiger partial charge in [0.25, 0.3) is 0 Å². The second-order valence-electron chi connectivity index (χ2n) is 12.5. The van der Waals surface area contributed by atoms with Gasteiger partial charge in [-0.05, 0) is 89.8 Å². The lowest BCUT2D eigenvalue weighted by Gasteiger charge is -2.34. The van der Waals surface area contributed by atoms with Crippen molar-refractivity contribution in [3.8, 4) is 5.75 Å². The first-order valence-corrected chi connectivity index (χ1v) is 14.5. The lowest BCUT2D eigenvalue weighted by Crippen LogP contribution is -2.50. The predicted molar refractivity (Wildman–Crippen MR) is 161 cm³/mol. The van der Waals surface area contributed by atoms with Gasteiger partial charge >= 0.3 is 18.0 Å². The van der Waals surface area contributed by atoms with Gasteiger partial charge in [-0.25, -0.2) is 14.6 Å². The Kier molecular flexibility index (Phi) is 11.3. The van der Waals surface area contributed by atoms with Crippen LogP contribution in [0.1, 0.15) is 65.5 Å². The molecule has 1 aliphatic rings. The van der Waals surface area contributed by atoms with E-state index < -0.39 is 47.3 Å². The maximum atomic E-state index is 13.6. The number of esters is 1. The van der Waals surface area contributed by atoms with Gasteiger partial charge in [-0.15, -0.1) is 0 Å². The highest BCUT2D eigenvalue weighted by Crippen LogP contribution is 2.31. The molecule has 1 aliphatic heterocycles. The number of carboxylic acids is 1. The molecule has 0 fully saturated rings. The van der Waals surface area contributed by atoms with Crippen molar-refractivity contribution in [2.24, 2.45) is 5.92 Å². The summed E-state index contributed by atoms with van der Waals surface area (Å²) in [6, 6.07) is 10.6. The number of carbonyl (C=O) groups is 4. The third-order valence-corrected chi connectivity index (χ3v) is 6.55. The van der Waals surface area contributed by atoms with E-state index in [-0.39, 0.29) is 26.0 Å². The molecule has 0 bridgehead atoms. The SMILES string of the molecule is COC(=O)CC1Cc2ccc(OCCCN(C(=O)OC(C)(C)C)c3ccccn3)cc2CN(C(OC(C)(C)C)C(=O)O)C1=O. The van der Waals surface area contributed by atoms with Crippen LogP contribution in [0.2, 0.25) is 0 Å². The molecule has 1 aromatic heterocycles. The molecule has 0 saturated carbocycles. The average Bonchev–Trinajstić information content (AvgIpc) is 3.06. The number of ether oxygens (including phenoxy) is 4. The molecule has 0 saturated heterocycles. The van der Waals surface area contributed by atoms with Crippen LogP contribution in [0.15, 0.2) is 42.6 Å². The van der Waals surface area contributed by atoms with Crippen LogP contribution in [0, 0.1) is 5.92 Å². The second kappa shape index (κ2) is 14.5. The van der Waals surface area contributed by atoms with Gasteiger partial charge in [0.2, 0.25) is 12.1 Å². The van der Waals surface area contributed by atoms with Crippen molar-refractivity contribution in [2.45, 2.75) is 84.8 Å². The van der Waals surface area contributed by atoms with E-state index in [4.69, 9.17) is 18.9 Å². The molecule has 240 valence electrons. The minimum atomic E-state index is -1.57. The minimum absolute atomic E-state index is 0.0534. The van der Waals surface area contributed by atoms with E-state index in [0.29, 0.717) is 30.1 Å². The third-order valence-electron chi connectivity index (χ3n) is 6.55. The number of benzene rings is 1. The summed E-state index contributed by atoms with van der Waals surface area (Å²) in [5.41, 5.74) is -0.0707. The maximum absolute atomic E-state index is 13.6. The van der Waals surface area contributed by atoms with Crippen LogP contribution < -0.4 is 9.64 Å². The fraction of sp³-hybridized carbons (Fsp3) is 0.531. The average molecular weight is 614 g/mol. The van der Waals surface area contributed by atoms with E-state index in [1.807, 2.05) is 6.07 Å². The topological polar surface area (TPSA) is 145 Å². The highest BCUT2D eigenvalue weighted by molar-refractivity contribution is 5.88. The quantitative estimate of drug-likeness (QED) is 0.282. The molecule has 2 aromatic rings. The Hall–Kier alpha value is -4.19. The van der Waals surface area contributed by atoms with Crippen LogP contribution in [0.25, 0.3) is 0 Å². The van der Waals surface area contributed by atoms with E-state index in [0.717, 1.165) is 10.5 Å². The van der Waals surface area contributed by atoms with Crippen molar-refractivity contribution in [3.05, 3.63) is 53.7 Å². The van der Waals surface area contributed by atoms with Gasteiger partial charge in [-0.1, -0.05) is 12.1 Å². The monoisotopic (exact) mass is 613 g/mol. The van der Waals surface area contributed by atoms with Crippen LogP contribution in [-0.4, -0.2) is 76.6 Å². The summed E-state index contributed by atoms with van der Waals surface area (Å²) >= 11 is 0. The molecule has 2 heterocycles. The molecule has 0 radical (unpaired) electrons. The number of carboxylic acid groups (broad SMARTS) is 1. The standard InChI is InChI=1S/C32H43N3O9/c1-31(2,3)43-28(29(38)39)35-20-23-18-24(13-12-21(23)17-22(27(35)37)19-26(36)41-7)42-16-10-15-34(25-11-8-9-14-33-25)30(40)44-32(4,5)6/h8-9,11-14,18,22,28H,10,15-17,19-20H2,1-7H3,(H,38,39). The molecule has 3 rings (SSSR count). The van der Waals surface area contributed by atoms with Crippen molar-refractivity contribution in [1.82, 2.24) is 9.88 Å². The van der Waals surface area contributed by atoms with Gasteiger partial charge in [0.15, 0.2) is 0 Å². The summed E-state index contributed by atoms with van der Waals surface area (Å²) in [6.07, 6.45) is -0.00256. The molecule has 44 heavy (non-hydrogen) atoms. The number of anilines is 1. The summed E-state index contributed by atoms with van der Waals surface area (Å²) in [5, 5.41) is 10.0. The van der Waals surface area contributed by atoms with Crippen molar-refractivity contribution < 1.29 is 43.2 Å². The largest absolute Gasteiger partial charge is 0.494 e. The number of pyridine rings is 1. The molecule has 12 nitrogen and oxygen atoms in total. The van der Waals surface area contributed by atoms with E-state index in [1.54, 1.807) is 78.1 Å². The van der Waals surface area contributed by atoms with Crippen LogP contribution in [0.3, 0.4) is 0 Å². The number of hydrogen-bond acceptors (Lipinski definition) is 9. The normalized spacial score (nSPS) is 15.9. The zero-order chi connectivity index (χ0) is 32.7. The van der Waals surface area contributed by atoms with Crippen LogP contribution in [0.4, 0.5) is 10.6 Å². The van der Waals surface area contributed by atoms with E-state index in [1.165, 1.54) is 12.0 Å². The fourth-order valence-electron chi connectivity index (χ4n) is 4.65. The van der Waals surface area contributed by atoms with Crippen LogP contribution in [-0.2, 0) is 41.6 Å². The Morgan fingerprint density at radius 2 is 1.80 bits per heavy atom. The Morgan fingerprint density at radius 3 is 2.39 bits per heavy atom. The van der Waals surface area contributed by atoms with Gasteiger partial charge in [-0.3, -0.25) is 14.5 Å². The lowest BCUT2D eigenvalue weighted by atomic mass is 9.94. The number of aliphatic carboxylic acids is 1. The molecule has 2 atom stereocenters. The summed E-state index contributed by atoms with van der Waals surface area (Å²) in [4.78, 5) is 57.8. The van der Waals surface area contributed by atoms with Gasteiger partial charge in [0, 0.05) is 19.3 Å². The van der Waals surface area contributed by atoms with Crippen molar-refractivity contribution in [2.75, 3.05) is 25.2 Å². The van der Waals surface area contributed by atoms with Crippen LogP contribution >= 0.6 is 0 Å². The first kappa shape index (κ1) is 34.3. The van der Waals surface area contributed by atoms with Gasteiger partial charge < -0.3 is 29.0 Å². The molecule has 0 spiro atoms. The zero-order valence-corrected chi connectivity index (χ0v) is 26.5. The predicted octanol–water partition coefficient (Wildman–Crippen LogP) is 4.58. The number of nitrogens with zero attached hydrogens (tertiary/aromatic N) is 3. The zero-order valence-electron chi connectivity index (χ0n) is 26.5. The summed E-state index contributed by atoms with van der Waals surface area (Å²) in [5.74, 6) is -2.25. The van der Waals surface area contributed by atoms with Gasteiger partial charge in [0.1, 0.15) is 17.2 Å². The van der Waals surface area contributed by atoms with Crippen molar-refractivity contribution in [3.63, 3.8) is 0 Å². The molecule has 1 N–H and O–H groups in total. The highest BCUT2D eigenvalue weighted by Gasteiger charge is 2.40. The fourth-order valence-corrected chi connectivity index (χ4v) is 4.65. The summed E-state index contributed by atoms with van der Waals surface area (Å²) in [7, 11) is 1.24. The Morgan fingerprint density at radius 1 is 1.07 bits per heavy atom. The number of carbonyl (C=O) groups excluding carboxylic acids is 3. The number of hydrogen-bond donors (Lipinski definition) is 1. The van der Waals surface area contributed by atoms with Crippen LogP contribution in [0.5, 0.6) is 5.75 Å².